The Morgan fingerprint density at radius 2 is 2.35 bits per heavy atom. The highest BCUT2D eigenvalue weighted by molar-refractivity contribution is 5.35. The first kappa shape index (κ1) is 13.5. The van der Waals surface area contributed by atoms with Crippen molar-refractivity contribution in [1.29, 1.82) is 0 Å². The number of hydrogen-bond acceptors (Lipinski definition) is 7. The fraction of sp³-hybridized carbons (Fsp3) is 0.667. The van der Waals surface area contributed by atoms with Gasteiger partial charge in [-0.25, -0.2) is 4.79 Å². The molecule has 4 N–H and O–H groups in total. The molecule has 2 bridgehead atoms. The van der Waals surface area contributed by atoms with Gasteiger partial charge < -0.3 is 25.4 Å². The minimum absolute atomic E-state index is 0.172. The minimum Gasteiger partial charge on any atom is -0.396 e. The Morgan fingerprint density at radius 3 is 2.95 bits per heavy atom. The number of aryl methyl sites for hydroxylation is 1. The van der Waals surface area contributed by atoms with Crippen molar-refractivity contribution < 1.29 is 19.7 Å². The Kier molecular flexibility index (Phi) is 3.05. The lowest BCUT2D eigenvalue weighted by Gasteiger charge is -2.30. The first-order valence-electron chi connectivity index (χ1n) is 6.39. The predicted molar refractivity (Wildman–Crippen MR) is 67.9 cm³/mol. The van der Waals surface area contributed by atoms with Crippen LogP contribution in [0.1, 0.15) is 11.8 Å². The van der Waals surface area contributed by atoms with E-state index < -0.39 is 23.6 Å². The molecule has 20 heavy (non-hydrogen) atoms. The molecule has 0 radical (unpaired) electrons. The van der Waals surface area contributed by atoms with Crippen molar-refractivity contribution >= 4 is 5.82 Å². The number of rotatable bonds is 3. The zero-order valence-corrected chi connectivity index (χ0v) is 11.0. The molecule has 2 aliphatic rings. The molecule has 2 unspecified atom stereocenters. The molecular weight excluding hydrogens is 266 g/mol. The van der Waals surface area contributed by atoms with Crippen LogP contribution >= 0.6 is 0 Å². The van der Waals surface area contributed by atoms with E-state index in [0.29, 0.717) is 5.56 Å². The normalized spacial score (nSPS) is 35.6. The highest BCUT2D eigenvalue weighted by Crippen LogP contribution is 2.48. The van der Waals surface area contributed by atoms with Crippen LogP contribution in [0.15, 0.2) is 11.0 Å². The Hall–Kier alpha value is -1.48. The maximum atomic E-state index is 12.0. The Labute approximate surface area is 114 Å². The molecule has 1 aromatic heterocycles. The molecule has 0 amide bonds. The van der Waals surface area contributed by atoms with Gasteiger partial charge in [0.1, 0.15) is 17.5 Å². The summed E-state index contributed by atoms with van der Waals surface area (Å²) in [6.45, 7) is 1.48. The maximum absolute atomic E-state index is 12.0. The number of aliphatic hydroxyl groups is 2. The number of anilines is 1. The zero-order valence-electron chi connectivity index (χ0n) is 11.0. The highest BCUT2D eigenvalue weighted by Gasteiger charge is 2.61. The van der Waals surface area contributed by atoms with Gasteiger partial charge in [0, 0.05) is 17.7 Å². The molecule has 4 atom stereocenters. The molecule has 2 saturated heterocycles. The molecule has 0 spiro atoms. The lowest BCUT2D eigenvalue weighted by Crippen LogP contribution is -2.43. The van der Waals surface area contributed by atoms with Crippen LogP contribution in [0.4, 0.5) is 5.82 Å². The Balaban J connectivity index is 2.02. The zero-order chi connectivity index (χ0) is 14.5. The van der Waals surface area contributed by atoms with E-state index in [1.807, 2.05) is 0 Å². The molecule has 3 heterocycles. The number of ether oxygens (including phenoxy) is 2. The van der Waals surface area contributed by atoms with Gasteiger partial charge in [-0.15, -0.1) is 0 Å². The topological polar surface area (TPSA) is 120 Å². The second-order valence-electron chi connectivity index (χ2n) is 5.29. The summed E-state index contributed by atoms with van der Waals surface area (Å²) in [6.07, 6.45) is 0.348. The Morgan fingerprint density at radius 1 is 1.60 bits per heavy atom. The quantitative estimate of drug-likeness (QED) is 0.611. The van der Waals surface area contributed by atoms with E-state index in [4.69, 9.17) is 15.2 Å². The molecule has 8 heteroatoms. The summed E-state index contributed by atoms with van der Waals surface area (Å²) in [7, 11) is 0. The summed E-state index contributed by atoms with van der Waals surface area (Å²) in [4.78, 5) is 15.7. The average molecular weight is 283 g/mol. The first-order valence-corrected chi connectivity index (χ1v) is 6.39. The van der Waals surface area contributed by atoms with Crippen LogP contribution in [0.3, 0.4) is 0 Å². The fourth-order valence-corrected chi connectivity index (χ4v) is 2.92. The van der Waals surface area contributed by atoms with Crippen LogP contribution in [0.5, 0.6) is 0 Å². The second kappa shape index (κ2) is 4.52. The van der Waals surface area contributed by atoms with Gasteiger partial charge >= 0.3 is 5.69 Å². The van der Waals surface area contributed by atoms with E-state index in [9.17, 15) is 15.0 Å². The third-order valence-corrected chi connectivity index (χ3v) is 4.14. The lowest BCUT2D eigenvalue weighted by molar-refractivity contribution is -0.186. The van der Waals surface area contributed by atoms with Crippen LogP contribution in [0, 0.1) is 12.8 Å². The first-order chi connectivity index (χ1) is 9.52. The van der Waals surface area contributed by atoms with Crippen LogP contribution < -0.4 is 11.4 Å². The van der Waals surface area contributed by atoms with E-state index >= 15 is 0 Å². The van der Waals surface area contributed by atoms with Gasteiger partial charge in [0.25, 0.3) is 0 Å². The van der Waals surface area contributed by atoms with Gasteiger partial charge in [-0.1, -0.05) is 0 Å². The van der Waals surface area contributed by atoms with Gasteiger partial charge in [0.05, 0.1) is 19.8 Å². The molecule has 1 aromatic rings. The largest absolute Gasteiger partial charge is 0.396 e. The SMILES string of the molecule is Cc1cn([C@@H]2O[C@@]3(CO)COC2C3CO)c(=O)nc1N. The Bertz CT molecular complexity index is 589. The third kappa shape index (κ3) is 1.69. The van der Waals surface area contributed by atoms with E-state index in [2.05, 4.69) is 4.98 Å². The average Bonchev–Trinajstić information content (AvgIpc) is 2.95. The van der Waals surface area contributed by atoms with Gasteiger partial charge in [0.15, 0.2) is 6.23 Å². The minimum atomic E-state index is -0.960. The molecule has 0 saturated carbocycles. The number of fused-ring (bicyclic) bond motifs is 2. The number of aromatic nitrogens is 2. The number of aliphatic hydroxyl groups excluding tert-OH is 2. The lowest BCUT2D eigenvalue weighted by atomic mass is 9.90. The molecule has 110 valence electrons. The van der Waals surface area contributed by atoms with Crippen LogP contribution in [-0.4, -0.2) is 51.3 Å². The standard InChI is InChI=1S/C12H17N3O5/c1-6-2-15(11(18)14-9(6)13)10-8-7(3-16)12(4-17,20-10)5-19-8/h2,7-8,10,16-17H,3-5H2,1H3,(H2,13,14,18)/t7?,8?,10-,12+/m1/s1. The van der Waals surface area contributed by atoms with Crippen molar-refractivity contribution in [1.82, 2.24) is 9.55 Å². The number of nitrogens with zero attached hydrogens (tertiary/aromatic N) is 2. The van der Waals surface area contributed by atoms with Gasteiger partial charge in [-0.2, -0.15) is 4.98 Å². The molecule has 3 rings (SSSR count). The van der Waals surface area contributed by atoms with Gasteiger partial charge in [-0.3, -0.25) is 4.57 Å². The second-order valence-corrected chi connectivity index (χ2v) is 5.29. The van der Waals surface area contributed by atoms with Crippen molar-refractivity contribution in [2.45, 2.75) is 24.9 Å². The van der Waals surface area contributed by atoms with Gasteiger partial charge in [-0.05, 0) is 6.92 Å². The molecular formula is C12H17N3O5. The van der Waals surface area contributed by atoms with Gasteiger partial charge in [0.2, 0.25) is 0 Å². The summed E-state index contributed by atoms with van der Waals surface area (Å²) >= 11 is 0. The van der Waals surface area contributed by atoms with Crippen molar-refractivity contribution in [3.8, 4) is 0 Å². The summed E-state index contributed by atoms with van der Waals surface area (Å²) < 4.78 is 12.7. The van der Waals surface area contributed by atoms with E-state index in [1.54, 1.807) is 13.1 Å². The van der Waals surface area contributed by atoms with Crippen molar-refractivity contribution in [3.63, 3.8) is 0 Å². The molecule has 8 nitrogen and oxygen atoms in total. The van der Waals surface area contributed by atoms with Crippen LogP contribution in [0.25, 0.3) is 0 Å². The highest BCUT2D eigenvalue weighted by atomic mass is 16.6. The number of hydrogen-bond donors (Lipinski definition) is 3. The number of nitrogens with two attached hydrogens (primary N) is 1. The molecule has 2 aliphatic heterocycles. The van der Waals surface area contributed by atoms with E-state index in [0.717, 1.165) is 0 Å². The smallest absolute Gasteiger partial charge is 0.351 e. The van der Waals surface area contributed by atoms with E-state index in [1.165, 1.54) is 4.57 Å². The monoisotopic (exact) mass is 283 g/mol. The summed E-state index contributed by atoms with van der Waals surface area (Å²) in [5, 5.41) is 19.0. The van der Waals surface area contributed by atoms with Crippen molar-refractivity contribution in [2.24, 2.45) is 5.92 Å². The van der Waals surface area contributed by atoms with E-state index in [-0.39, 0.29) is 31.6 Å². The third-order valence-electron chi connectivity index (χ3n) is 4.14. The molecule has 0 aromatic carbocycles. The molecule has 2 fully saturated rings. The molecule has 0 aliphatic carbocycles. The number of nitrogen functional groups attached to an aromatic ring is 1. The summed E-state index contributed by atoms with van der Waals surface area (Å²) in [6, 6.07) is 0. The summed E-state index contributed by atoms with van der Waals surface area (Å²) in [5.41, 5.74) is 4.74. The van der Waals surface area contributed by atoms with Crippen LogP contribution in [-0.2, 0) is 9.47 Å². The predicted octanol–water partition coefficient (Wildman–Crippen LogP) is -1.60. The summed E-state index contributed by atoms with van der Waals surface area (Å²) in [5.74, 6) is -0.201. The maximum Gasteiger partial charge on any atom is 0.351 e. The fourth-order valence-electron chi connectivity index (χ4n) is 2.92. The van der Waals surface area contributed by atoms with Crippen molar-refractivity contribution in [2.75, 3.05) is 25.6 Å². The van der Waals surface area contributed by atoms with Crippen molar-refractivity contribution in [3.05, 3.63) is 22.2 Å². The van der Waals surface area contributed by atoms with Crippen LogP contribution in [0.2, 0.25) is 0 Å².